The molecule has 0 saturated carbocycles. The highest BCUT2D eigenvalue weighted by atomic mass is 79.9. The van der Waals surface area contributed by atoms with Crippen LogP contribution < -0.4 is 0 Å². The van der Waals surface area contributed by atoms with Gasteiger partial charge in [-0.15, -0.1) is 10.2 Å². The van der Waals surface area contributed by atoms with E-state index in [1.165, 1.54) is 0 Å². The average Bonchev–Trinajstić information content (AvgIpc) is 2.96. The van der Waals surface area contributed by atoms with Gasteiger partial charge in [0.05, 0.1) is 6.54 Å². The summed E-state index contributed by atoms with van der Waals surface area (Å²) in [7, 11) is 0. The van der Waals surface area contributed by atoms with Crippen molar-refractivity contribution in [2.75, 3.05) is 26.2 Å². The lowest BCUT2D eigenvalue weighted by atomic mass is 10.2. The third-order valence-corrected chi connectivity index (χ3v) is 4.21. The number of hydrogen-bond acceptors (Lipinski definition) is 5. The van der Waals surface area contributed by atoms with Crippen molar-refractivity contribution in [1.29, 1.82) is 0 Å². The fourth-order valence-electron chi connectivity index (χ4n) is 2.47. The first kappa shape index (κ1) is 15.2. The molecule has 22 heavy (non-hydrogen) atoms. The lowest BCUT2D eigenvalue weighted by molar-refractivity contribution is -0.130. The van der Waals surface area contributed by atoms with Gasteiger partial charge in [0.1, 0.15) is 0 Å². The largest absolute Gasteiger partial charge is 0.419 e. The van der Waals surface area contributed by atoms with Crippen LogP contribution >= 0.6 is 15.9 Å². The van der Waals surface area contributed by atoms with Crippen molar-refractivity contribution in [2.45, 2.75) is 13.5 Å². The van der Waals surface area contributed by atoms with Gasteiger partial charge in [0.25, 0.3) is 0 Å². The molecule has 0 unspecified atom stereocenters. The van der Waals surface area contributed by atoms with Crippen LogP contribution in [0, 0.1) is 0 Å². The Hall–Kier alpha value is -1.73. The number of carbonyl (C=O) groups is 1. The molecule has 116 valence electrons. The average molecular weight is 365 g/mol. The zero-order valence-corrected chi connectivity index (χ0v) is 13.9. The SMILES string of the molecule is CC(=O)N1CCN(Cc2nnc(-c3cccc(Br)c3)o2)CC1. The molecule has 1 amide bonds. The summed E-state index contributed by atoms with van der Waals surface area (Å²) in [5, 5.41) is 8.22. The summed E-state index contributed by atoms with van der Waals surface area (Å²) in [4.78, 5) is 15.4. The Bertz CT molecular complexity index is 665. The van der Waals surface area contributed by atoms with Crippen molar-refractivity contribution >= 4 is 21.8 Å². The van der Waals surface area contributed by atoms with Crippen molar-refractivity contribution in [3.8, 4) is 11.5 Å². The number of hydrogen-bond donors (Lipinski definition) is 0. The van der Waals surface area contributed by atoms with Crippen molar-refractivity contribution in [3.05, 3.63) is 34.6 Å². The van der Waals surface area contributed by atoms with Gasteiger partial charge in [0, 0.05) is 43.1 Å². The van der Waals surface area contributed by atoms with E-state index in [2.05, 4.69) is 31.0 Å². The molecular weight excluding hydrogens is 348 g/mol. The van der Waals surface area contributed by atoms with Crippen molar-refractivity contribution < 1.29 is 9.21 Å². The number of nitrogens with zero attached hydrogens (tertiary/aromatic N) is 4. The van der Waals surface area contributed by atoms with Crippen molar-refractivity contribution in [3.63, 3.8) is 0 Å². The highest BCUT2D eigenvalue weighted by Gasteiger charge is 2.20. The standard InChI is InChI=1S/C15H17BrN4O2/c1-11(21)20-7-5-19(6-8-20)10-14-17-18-15(22-14)12-3-2-4-13(16)9-12/h2-4,9H,5-8,10H2,1H3. The predicted octanol–water partition coefficient (Wildman–Crippen LogP) is 2.16. The van der Waals surface area contributed by atoms with Crippen LogP contribution in [0.2, 0.25) is 0 Å². The van der Waals surface area contributed by atoms with Gasteiger partial charge in [-0.05, 0) is 18.2 Å². The van der Waals surface area contributed by atoms with Crippen LogP contribution in [-0.2, 0) is 11.3 Å². The Kier molecular flexibility index (Phi) is 4.54. The zero-order valence-electron chi connectivity index (χ0n) is 12.3. The Balaban J connectivity index is 1.62. The van der Waals surface area contributed by atoms with Crippen molar-refractivity contribution in [1.82, 2.24) is 20.0 Å². The molecular formula is C15H17BrN4O2. The number of piperazine rings is 1. The van der Waals surface area contributed by atoms with E-state index in [0.29, 0.717) is 18.3 Å². The minimum atomic E-state index is 0.134. The summed E-state index contributed by atoms with van der Waals surface area (Å²) in [5.41, 5.74) is 0.898. The highest BCUT2D eigenvalue weighted by molar-refractivity contribution is 9.10. The second-order valence-corrected chi connectivity index (χ2v) is 6.21. The maximum Gasteiger partial charge on any atom is 0.247 e. The maximum atomic E-state index is 11.3. The number of carbonyl (C=O) groups excluding carboxylic acids is 1. The van der Waals surface area contributed by atoms with Crippen LogP contribution in [0.4, 0.5) is 0 Å². The Morgan fingerprint density at radius 1 is 1.27 bits per heavy atom. The molecule has 2 heterocycles. The molecule has 1 aromatic carbocycles. The first-order chi connectivity index (χ1) is 10.6. The van der Waals surface area contributed by atoms with Crippen LogP contribution in [0.25, 0.3) is 11.5 Å². The first-order valence-corrected chi connectivity index (χ1v) is 7.97. The molecule has 7 heteroatoms. The quantitative estimate of drug-likeness (QED) is 0.834. The van der Waals surface area contributed by atoms with E-state index in [0.717, 1.165) is 36.2 Å². The van der Waals surface area contributed by atoms with Gasteiger partial charge in [0.15, 0.2) is 0 Å². The molecule has 0 spiro atoms. The van der Waals surface area contributed by atoms with Gasteiger partial charge in [0.2, 0.25) is 17.7 Å². The van der Waals surface area contributed by atoms with Crippen LogP contribution in [0.15, 0.2) is 33.2 Å². The van der Waals surface area contributed by atoms with E-state index in [9.17, 15) is 4.79 Å². The molecule has 1 aromatic heterocycles. The van der Waals surface area contributed by atoms with E-state index >= 15 is 0 Å². The molecule has 1 aliphatic rings. The molecule has 1 aliphatic heterocycles. The second kappa shape index (κ2) is 6.58. The van der Waals surface area contributed by atoms with E-state index in [-0.39, 0.29) is 5.91 Å². The summed E-state index contributed by atoms with van der Waals surface area (Å²) in [6.45, 7) is 5.39. The van der Waals surface area contributed by atoms with E-state index in [1.807, 2.05) is 29.2 Å². The molecule has 1 saturated heterocycles. The predicted molar refractivity (Wildman–Crippen MR) is 85.0 cm³/mol. The number of amides is 1. The smallest absolute Gasteiger partial charge is 0.247 e. The Morgan fingerprint density at radius 2 is 2.05 bits per heavy atom. The van der Waals surface area contributed by atoms with E-state index < -0.39 is 0 Å². The monoisotopic (exact) mass is 364 g/mol. The van der Waals surface area contributed by atoms with Crippen LogP contribution in [0.5, 0.6) is 0 Å². The number of halogens is 1. The molecule has 2 aromatic rings. The topological polar surface area (TPSA) is 62.5 Å². The minimum absolute atomic E-state index is 0.134. The molecule has 0 atom stereocenters. The third kappa shape index (κ3) is 3.53. The first-order valence-electron chi connectivity index (χ1n) is 7.18. The second-order valence-electron chi connectivity index (χ2n) is 5.29. The maximum absolute atomic E-state index is 11.3. The molecule has 0 radical (unpaired) electrons. The highest BCUT2D eigenvalue weighted by Crippen LogP contribution is 2.22. The van der Waals surface area contributed by atoms with Crippen LogP contribution in [0.3, 0.4) is 0 Å². The lowest BCUT2D eigenvalue weighted by Gasteiger charge is -2.33. The molecule has 6 nitrogen and oxygen atoms in total. The number of rotatable bonds is 3. The molecule has 1 fully saturated rings. The molecule has 0 aliphatic carbocycles. The van der Waals surface area contributed by atoms with Gasteiger partial charge in [-0.3, -0.25) is 9.69 Å². The Morgan fingerprint density at radius 3 is 2.73 bits per heavy atom. The van der Waals surface area contributed by atoms with Crippen LogP contribution in [0.1, 0.15) is 12.8 Å². The van der Waals surface area contributed by atoms with Crippen molar-refractivity contribution in [2.24, 2.45) is 0 Å². The summed E-state index contributed by atoms with van der Waals surface area (Å²) < 4.78 is 6.71. The fraction of sp³-hybridized carbons (Fsp3) is 0.400. The normalized spacial score (nSPS) is 16.0. The van der Waals surface area contributed by atoms with Gasteiger partial charge in [-0.2, -0.15) is 0 Å². The Labute approximate surface area is 137 Å². The summed E-state index contributed by atoms with van der Waals surface area (Å²) in [6, 6.07) is 7.77. The molecule has 0 bridgehead atoms. The van der Waals surface area contributed by atoms with Gasteiger partial charge < -0.3 is 9.32 Å². The number of aromatic nitrogens is 2. The fourth-order valence-corrected chi connectivity index (χ4v) is 2.87. The van der Waals surface area contributed by atoms with E-state index in [4.69, 9.17) is 4.42 Å². The molecule has 3 rings (SSSR count). The minimum Gasteiger partial charge on any atom is -0.419 e. The zero-order chi connectivity index (χ0) is 15.5. The van der Waals surface area contributed by atoms with Gasteiger partial charge in [-0.25, -0.2) is 0 Å². The summed E-state index contributed by atoms with van der Waals surface area (Å²) >= 11 is 3.43. The third-order valence-electron chi connectivity index (χ3n) is 3.71. The van der Waals surface area contributed by atoms with Gasteiger partial charge in [-0.1, -0.05) is 22.0 Å². The van der Waals surface area contributed by atoms with Crippen LogP contribution in [-0.4, -0.2) is 52.1 Å². The summed E-state index contributed by atoms with van der Waals surface area (Å²) in [6.07, 6.45) is 0. The van der Waals surface area contributed by atoms with E-state index in [1.54, 1.807) is 6.92 Å². The number of benzene rings is 1. The lowest BCUT2D eigenvalue weighted by Crippen LogP contribution is -2.47. The summed E-state index contributed by atoms with van der Waals surface area (Å²) in [5.74, 6) is 1.26. The van der Waals surface area contributed by atoms with Gasteiger partial charge >= 0.3 is 0 Å². The molecule has 0 N–H and O–H groups in total.